The number of hydrogen-bond donors (Lipinski definition) is 2. The number of carbonyl (C=O) groups excluding carboxylic acids is 1. The molecule has 3 rings (SSSR count). The van der Waals surface area contributed by atoms with Gasteiger partial charge in [0.05, 0.1) is 26.1 Å². The van der Waals surface area contributed by atoms with E-state index >= 15 is 0 Å². The Morgan fingerprint density at radius 2 is 1.68 bits per heavy atom. The van der Waals surface area contributed by atoms with Crippen LogP contribution in [0.1, 0.15) is 11.1 Å². The van der Waals surface area contributed by atoms with Gasteiger partial charge >= 0.3 is 6.03 Å². The lowest BCUT2D eigenvalue weighted by molar-refractivity contribution is 0.240. The highest BCUT2D eigenvalue weighted by molar-refractivity contribution is 6.30. The molecule has 7 nitrogen and oxygen atoms in total. The fourth-order valence-electron chi connectivity index (χ4n) is 2.60. The third-order valence-corrected chi connectivity index (χ3v) is 4.33. The third-order valence-electron chi connectivity index (χ3n) is 4.08. The summed E-state index contributed by atoms with van der Waals surface area (Å²) in [4.78, 5) is 12.1. The van der Waals surface area contributed by atoms with Gasteiger partial charge in [-0.15, -0.1) is 0 Å². The van der Waals surface area contributed by atoms with Crippen molar-refractivity contribution in [2.75, 3.05) is 14.2 Å². The molecule has 3 aromatic rings. The van der Waals surface area contributed by atoms with Gasteiger partial charge in [0, 0.05) is 29.9 Å². The zero-order valence-electron chi connectivity index (χ0n) is 15.6. The second-order valence-corrected chi connectivity index (χ2v) is 6.43. The molecule has 1 heterocycles. The summed E-state index contributed by atoms with van der Waals surface area (Å²) < 4.78 is 12.2. The average Bonchev–Trinajstić information content (AvgIpc) is 3.20. The maximum Gasteiger partial charge on any atom is 0.315 e. The van der Waals surface area contributed by atoms with Crippen LogP contribution in [0.3, 0.4) is 0 Å². The minimum absolute atomic E-state index is 0.269. The minimum atomic E-state index is -0.269. The van der Waals surface area contributed by atoms with E-state index in [1.165, 1.54) is 0 Å². The zero-order chi connectivity index (χ0) is 19.9. The standard InChI is InChI=1S/C20H21ClN4O3/c1-27-18-8-3-14(9-19(18)28-2)10-22-20(26)23-11-15-12-24-25(13-15)17-6-4-16(21)5-7-17/h3-9,12-13H,10-11H2,1-2H3,(H2,22,23,26). The summed E-state index contributed by atoms with van der Waals surface area (Å²) >= 11 is 5.90. The lowest BCUT2D eigenvalue weighted by Gasteiger charge is -2.10. The Morgan fingerprint density at radius 3 is 2.36 bits per heavy atom. The molecular weight excluding hydrogens is 380 g/mol. The van der Waals surface area contributed by atoms with E-state index in [0.717, 1.165) is 16.8 Å². The van der Waals surface area contributed by atoms with Gasteiger partial charge in [0.2, 0.25) is 0 Å². The molecule has 0 saturated heterocycles. The molecular formula is C20H21ClN4O3. The predicted octanol–water partition coefficient (Wildman–Crippen LogP) is 3.54. The summed E-state index contributed by atoms with van der Waals surface area (Å²) in [5.74, 6) is 1.27. The Bertz CT molecular complexity index is 941. The molecule has 0 atom stereocenters. The van der Waals surface area contributed by atoms with Crippen LogP contribution in [0.15, 0.2) is 54.9 Å². The molecule has 0 radical (unpaired) electrons. The molecule has 28 heavy (non-hydrogen) atoms. The highest BCUT2D eigenvalue weighted by Gasteiger charge is 2.07. The van der Waals surface area contributed by atoms with E-state index < -0.39 is 0 Å². The van der Waals surface area contributed by atoms with Crippen LogP contribution in [0.5, 0.6) is 11.5 Å². The highest BCUT2D eigenvalue weighted by Crippen LogP contribution is 2.27. The fraction of sp³-hybridized carbons (Fsp3) is 0.200. The van der Waals surface area contributed by atoms with Gasteiger partial charge in [-0.05, 0) is 42.0 Å². The van der Waals surface area contributed by atoms with Crippen molar-refractivity contribution >= 4 is 17.6 Å². The molecule has 0 fully saturated rings. The molecule has 146 valence electrons. The molecule has 0 aliphatic heterocycles. The molecule has 8 heteroatoms. The number of amides is 2. The first-order valence-electron chi connectivity index (χ1n) is 8.61. The molecule has 0 saturated carbocycles. The Hall–Kier alpha value is -3.19. The van der Waals surface area contributed by atoms with E-state index in [1.54, 1.807) is 43.3 Å². The molecule has 2 aromatic carbocycles. The predicted molar refractivity (Wildman–Crippen MR) is 107 cm³/mol. The lowest BCUT2D eigenvalue weighted by Crippen LogP contribution is -2.34. The molecule has 2 amide bonds. The highest BCUT2D eigenvalue weighted by atomic mass is 35.5. The minimum Gasteiger partial charge on any atom is -0.493 e. The van der Waals surface area contributed by atoms with E-state index in [1.807, 2.05) is 30.5 Å². The van der Waals surface area contributed by atoms with E-state index in [-0.39, 0.29) is 6.03 Å². The summed E-state index contributed by atoms with van der Waals surface area (Å²) in [6, 6.07) is 12.6. The van der Waals surface area contributed by atoms with Crippen molar-refractivity contribution in [3.05, 3.63) is 71.0 Å². The van der Waals surface area contributed by atoms with E-state index in [4.69, 9.17) is 21.1 Å². The van der Waals surface area contributed by atoms with Gasteiger partial charge in [-0.2, -0.15) is 5.10 Å². The topological polar surface area (TPSA) is 77.4 Å². The van der Waals surface area contributed by atoms with Crippen molar-refractivity contribution < 1.29 is 14.3 Å². The summed E-state index contributed by atoms with van der Waals surface area (Å²) in [6.45, 7) is 0.738. The Kier molecular flexibility index (Phi) is 6.39. The van der Waals surface area contributed by atoms with Crippen LogP contribution in [0.25, 0.3) is 5.69 Å². The van der Waals surface area contributed by atoms with Gasteiger partial charge < -0.3 is 20.1 Å². The molecule has 0 spiro atoms. The van der Waals surface area contributed by atoms with Crippen molar-refractivity contribution in [1.82, 2.24) is 20.4 Å². The molecule has 0 bridgehead atoms. The van der Waals surface area contributed by atoms with Crippen molar-refractivity contribution in [3.63, 3.8) is 0 Å². The summed E-state index contributed by atoms with van der Waals surface area (Å²) in [7, 11) is 3.16. The van der Waals surface area contributed by atoms with Crippen molar-refractivity contribution in [1.29, 1.82) is 0 Å². The smallest absolute Gasteiger partial charge is 0.315 e. The van der Waals surface area contributed by atoms with Crippen LogP contribution in [-0.4, -0.2) is 30.0 Å². The third kappa shape index (κ3) is 4.95. The van der Waals surface area contributed by atoms with Crippen molar-refractivity contribution in [2.24, 2.45) is 0 Å². The van der Waals surface area contributed by atoms with Crippen molar-refractivity contribution in [3.8, 4) is 17.2 Å². The van der Waals surface area contributed by atoms with Gasteiger partial charge in [-0.1, -0.05) is 17.7 Å². The number of aromatic nitrogens is 2. The Morgan fingerprint density at radius 1 is 1.00 bits per heavy atom. The number of benzene rings is 2. The molecule has 1 aromatic heterocycles. The van der Waals surface area contributed by atoms with Gasteiger partial charge in [0.1, 0.15) is 0 Å². The number of ether oxygens (including phenoxy) is 2. The number of methoxy groups -OCH3 is 2. The molecule has 0 aliphatic carbocycles. The maximum atomic E-state index is 12.1. The zero-order valence-corrected chi connectivity index (χ0v) is 16.4. The molecule has 2 N–H and O–H groups in total. The van der Waals surface area contributed by atoms with E-state index in [2.05, 4.69) is 15.7 Å². The number of halogens is 1. The van der Waals surface area contributed by atoms with Crippen LogP contribution < -0.4 is 20.1 Å². The second-order valence-electron chi connectivity index (χ2n) is 6.00. The quantitative estimate of drug-likeness (QED) is 0.636. The lowest BCUT2D eigenvalue weighted by atomic mass is 10.2. The van der Waals surface area contributed by atoms with Crippen LogP contribution in [0.2, 0.25) is 5.02 Å². The molecule has 0 unspecified atom stereocenters. The summed E-state index contributed by atoms with van der Waals surface area (Å²) in [6.07, 6.45) is 3.57. The number of rotatable bonds is 7. The summed E-state index contributed by atoms with van der Waals surface area (Å²) in [5, 5.41) is 10.6. The Labute approximate surface area is 168 Å². The fourth-order valence-corrected chi connectivity index (χ4v) is 2.73. The average molecular weight is 401 g/mol. The normalized spacial score (nSPS) is 10.4. The first kappa shape index (κ1) is 19.6. The maximum absolute atomic E-state index is 12.1. The van der Waals surface area contributed by atoms with Gasteiger partial charge in [-0.3, -0.25) is 0 Å². The number of carbonyl (C=O) groups is 1. The second kappa shape index (κ2) is 9.14. The van der Waals surface area contributed by atoms with Gasteiger partial charge in [0.15, 0.2) is 11.5 Å². The SMILES string of the molecule is COc1ccc(CNC(=O)NCc2cnn(-c3ccc(Cl)cc3)c2)cc1OC. The largest absolute Gasteiger partial charge is 0.493 e. The first-order chi connectivity index (χ1) is 13.6. The molecule has 0 aliphatic rings. The van der Waals surface area contributed by atoms with Crippen molar-refractivity contribution in [2.45, 2.75) is 13.1 Å². The monoisotopic (exact) mass is 400 g/mol. The van der Waals surface area contributed by atoms with E-state index in [0.29, 0.717) is 29.6 Å². The Balaban J connectivity index is 1.50. The number of urea groups is 1. The van der Waals surface area contributed by atoms with E-state index in [9.17, 15) is 4.79 Å². The summed E-state index contributed by atoms with van der Waals surface area (Å²) in [5.41, 5.74) is 2.69. The van der Waals surface area contributed by atoms with Gasteiger partial charge in [-0.25, -0.2) is 9.48 Å². The van der Waals surface area contributed by atoms with Crippen LogP contribution >= 0.6 is 11.6 Å². The van der Waals surface area contributed by atoms with Crippen LogP contribution in [0.4, 0.5) is 4.79 Å². The number of nitrogens with zero attached hydrogens (tertiary/aromatic N) is 2. The number of hydrogen-bond acceptors (Lipinski definition) is 4. The number of nitrogens with one attached hydrogen (secondary N) is 2. The van der Waals surface area contributed by atoms with Gasteiger partial charge in [0.25, 0.3) is 0 Å². The van der Waals surface area contributed by atoms with Crippen LogP contribution in [-0.2, 0) is 13.1 Å². The van der Waals surface area contributed by atoms with Crippen LogP contribution in [0, 0.1) is 0 Å². The first-order valence-corrected chi connectivity index (χ1v) is 8.99.